The molecular formula is C17H29IN4OS2. The summed E-state index contributed by atoms with van der Waals surface area (Å²) in [6.07, 6.45) is 6.74. The SMILES string of the molecule is CCNC(=NCCCNC(=O)c1cccs1)NC1CCC(SC)C1.I. The maximum absolute atomic E-state index is 11.8. The molecule has 3 N–H and O–H groups in total. The fraction of sp³-hybridized carbons (Fsp3) is 0.647. The monoisotopic (exact) mass is 496 g/mol. The van der Waals surface area contributed by atoms with E-state index in [1.165, 1.54) is 30.6 Å². The highest BCUT2D eigenvalue weighted by molar-refractivity contribution is 14.0. The van der Waals surface area contributed by atoms with E-state index in [1.54, 1.807) is 0 Å². The molecular weight excluding hydrogens is 467 g/mol. The molecule has 142 valence electrons. The lowest BCUT2D eigenvalue weighted by Gasteiger charge is -2.17. The lowest BCUT2D eigenvalue weighted by molar-refractivity contribution is 0.0957. The van der Waals surface area contributed by atoms with Crippen LogP contribution in [0.1, 0.15) is 42.3 Å². The van der Waals surface area contributed by atoms with Crippen LogP contribution >= 0.6 is 47.1 Å². The first-order valence-corrected chi connectivity index (χ1v) is 10.8. The molecule has 1 fully saturated rings. The van der Waals surface area contributed by atoms with Gasteiger partial charge in [-0.1, -0.05) is 6.07 Å². The molecule has 0 saturated heterocycles. The Bertz CT molecular complexity index is 525. The van der Waals surface area contributed by atoms with Crippen LogP contribution in [0.4, 0.5) is 0 Å². The summed E-state index contributed by atoms with van der Waals surface area (Å²) in [6, 6.07) is 4.26. The quantitative estimate of drug-likeness (QED) is 0.224. The number of carbonyl (C=O) groups is 1. The van der Waals surface area contributed by atoms with E-state index in [9.17, 15) is 4.79 Å². The summed E-state index contributed by atoms with van der Waals surface area (Å²) >= 11 is 3.43. The summed E-state index contributed by atoms with van der Waals surface area (Å²) < 4.78 is 0. The summed E-state index contributed by atoms with van der Waals surface area (Å²) in [5.41, 5.74) is 0. The van der Waals surface area contributed by atoms with Gasteiger partial charge in [-0.05, 0) is 50.3 Å². The molecule has 0 aliphatic heterocycles. The van der Waals surface area contributed by atoms with E-state index in [1.807, 2.05) is 29.3 Å². The van der Waals surface area contributed by atoms with Crippen molar-refractivity contribution >= 4 is 58.9 Å². The van der Waals surface area contributed by atoms with Crippen LogP contribution in [0.15, 0.2) is 22.5 Å². The maximum atomic E-state index is 11.8. The van der Waals surface area contributed by atoms with Gasteiger partial charge in [0.1, 0.15) is 0 Å². The van der Waals surface area contributed by atoms with Crippen molar-refractivity contribution in [3.63, 3.8) is 0 Å². The average molecular weight is 496 g/mol. The van der Waals surface area contributed by atoms with E-state index in [-0.39, 0.29) is 29.9 Å². The van der Waals surface area contributed by atoms with Gasteiger partial charge < -0.3 is 16.0 Å². The Morgan fingerprint density at radius 3 is 2.88 bits per heavy atom. The van der Waals surface area contributed by atoms with Crippen LogP contribution < -0.4 is 16.0 Å². The number of carbonyl (C=O) groups excluding carboxylic acids is 1. The lowest BCUT2D eigenvalue weighted by atomic mass is 10.2. The fourth-order valence-corrected chi connectivity index (χ4v) is 4.20. The van der Waals surface area contributed by atoms with Crippen molar-refractivity contribution in [2.75, 3.05) is 25.9 Å². The first kappa shape index (κ1) is 22.6. The van der Waals surface area contributed by atoms with Gasteiger partial charge in [0.25, 0.3) is 5.91 Å². The van der Waals surface area contributed by atoms with Gasteiger partial charge in [0.15, 0.2) is 5.96 Å². The standard InChI is InChI=1S/C17H28N4OS2.HI/c1-3-18-17(21-13-7-8-14(12-13)23-2)20-10-5-9-19-16(22)15-6-4-11-24-15;/h4,6,11,13-14H,3,5,7-10,12H2,1-2H3,(H,19,22)(H2,18,20,21);1H. The van der Waals surface area contributed by atoms with E-state index < -0.39 is 0 Å². The molecule has 1 aliphatic rings. The summed E-state index contributed by atoms with van der Waals surface area (Å²) in [6.45, 7) is 4.30. The van der Waals surface area contributed by atoms with Crippen molar-refractivity contribution in [1.29, 1.82) is 0 Å². The Balaban J connectivity index is 0.00000312. The van der Waals surface area contributed by atoms with E-state index >= 15 is 0 Å². The topological polar surface area (TPSA) is 65.5 Å². The molecule has 2 unspecified atom stereocenters. The van der Waals surface area contributed by atoms with Crippen LogP contribution in [0.2, 0.25) is 0 Å². The minimum Gasteiger partial charge on any atom is -0.357 e. The molecule has 2 rings (SSSR count). The van der Waals surface area contributed by atoms with E-state index in [0.717, 1.165) is 29.1 Å². The minimum atomic E-state index is 0. The highest BCUT2D eigenvalue weighted by Crippen LogP contribution is 2.27. The van der Waals surface area contributed by atoms with Crippen LogP contribution in [-0.4, -0.2) is 49.0 Å². The van der Waals surface area contributed by atoms with Gasteiger partial charge in [-0.3, -0.25) is 9.79 Å². The maximum Gasteiger partial charge on any atom is 0.261 e. The number of hydrogen-bond acceptors (Lipinski definition) is 4. The molecule has 1 aromatic rings. The van der Waals surface area contributed by atoms with E-state index in [0.29, 0.717) is 19.1 Å². The molecule has 0 aromatic carbocycles. The Kier molecular flexibility index (Phi) is 11.6. The summed E-state index contributed by atoms with van der Waals surface area (Å²) in [7, 11) is 0. The molecule has 1 saturated carbocycles. The third-order valence-corrected chi connectivity index (χ3v) is 6.00. The van der Waals surface area contributed by atoms with Crippen LogP contribution in [0, 0.1) is 0 Å². The lowest BCUT2D eigenvalue weighted by Crippen LogP contribution is -2.42. The van der Waals surface area contributed by atoms with Crippen LogP contribution in [0.5, 0.6) is 0 Å². The van der Waals surface area contributed by atoms with Crippen LogP contribution in [-0.2, 0) is 0 Å². The van der Waals surface area contributed by atoms with Gasteiger partial charge in [-0.2, -0.15) is 11.8 Å². The van der Waals surface area contributed by atoms with Gasteiger partial charge in [0.2, 0.25) is 0 Å². The summed E-state index contributed by atoms with van der Waals surface area (Å²) in [4.78, 5) is 17.2. The number of guanidine groups is 1. The predicted octanol–water partition coefficient (Wildman–Crippen LogP) is 3.33. The third kappa shape index (κ3) is 8.17. The van der Waals surface area contributed by atoms with Crippen molar-refractivity contribution in [3.8, 4) is 0 Å². The highest BCUT2D eigenvalue weighted by Gasteiger charge is 2.24. The number of nitrogens with zero attached hydrogens (tertiary/aromatic N) is 1. The molecule has 25 heavy (non-hydrogen) atoms. The van der Waals surface area contributed by atoms with Crippen LogP contribution in [0.3, 0.4) is 0 Å². The first-order valence-electron chi connectivity index (χ1n) is 8.62. The number of rotatable bonds is 8. The third-order valence-electron chi connectivity index (χ3n) is 4.04. The fourth-order valence-electron chi connectivity index (χ4n) is 2.77. The second-order valence-corrected chi connectivity index (χ2v) is 7.95. The Morgan fingerprint density at radius 1 is 1.40 bits per heavy atom. The molecule has 8 heteroatoms. The number of thioether (sulfide) groups is 1. The molecule has 1 aliphatic carbocycles. The van der Waals surface area contributed by atoms with Crippen molar-refractivity contribution in [1.82, 2.24) is 16.0 Å². The van der Waals surface area contributed by atoms with Gasteiger partial charge in [-0.15, -0.1) is 35.3 Å². The summed E-state index contributed by atoms with van der Waals surface area (Å²) in [5, 5.41) is 12.5. The number of nitrogens with one attached hydrogen (secondary N) is 3. The van der Waals surface area contributed by atoms with Crippen molar-refractivity contribution < 1.29 is 4.79 Å². The number of aliphatic imine (C=N–C) groups is 1. The minimum absolute atomic E-state index is 0. The zero-order valence-corrected chi connectivity index (χ0v) is 18.9. The van der Waals surface area contributed by atoms with Crippen LogP contribution in [0.25, 0.3) is 0 Å². The second-order valence-electron chi connectivity index (χ2n) is 5.86. The molecule has 5 nitrogen and oxygen atoms in total. The Morgan fingerprint density at radius 2 is 2.24 bits per heavy atom. The second kappa shape index (κ2) is 12.8. The average Bonchev–Trinajstić information content (AvgIpc) is 3.26. The Hall–Kier alpha value is -0.480. The summed E-state index contributed by atoms with van der Waals surface area (Å²) in [5.74, 6) is 0.905. The smallest absolute Gasteiger partial charge is 0.261 e. The zero-order chi connectivity index (χ0) is 17.2. The first-order chi connectivity index (χ1) is 11.7. The van der Waals surface area contributed by atoms with Crippen molar-refractivity contribution in [2.45, 2.75) is 43.9 Å². The molecule has 2 atom stereocenters. The molecule has 0 spiro atoms. The van der Waals surface area contributed by atoms with E-state index in [4.69, 9.17) is 0 Å². The number of thiophene rings is 1. The number of amides is 1. The Labute approximate surface area is 176 Å². The van der Waals surface area contributed by atoms with Gasteiger partial charge in [-0.25, -0.2) is 0 Å². The molecule has 0 radical (unpaired) electrons. The normalized spacial score (nSPS) is 20.0. The number of halogens is 1. The van der Waals surface area contributed by atoms with Gasteiger partial charge in [0.05, 0.1) is 4.88 Å². The molecule has 1 amide bonds. The van der Waals surface area contributed by atoms with Crippen molar-refractivity contribution in [2.24, 2.45) is 4.99 Å². The molecule has 1 aromatic heterocycles. The molecule has 1 heterocycles. The largest absolute Gasteiger partial charge is 0.357 e. The van der Waals surface area contributed by atoms with E-state index in [2.05, 4.69) is 34.1 Å². The van der Waals surface area contributed by atoms with Crippen molar-refractivity contribution in [3.05, 3.63) is 22.4 Å². The van der Waals surface area contributed by atoms with Gasteiger partial charge >= 0.3 is 0 Å². The van der Waals surface area contributed by atoms with Gasteiger partial charge in [0, 0.05) is 30.9 Å². The predicted molar refractivity (Wildman–Crippen MR) is 121 cm³/mol. The molecule has 0 bridgehead atoms. The highest BCUT2D eigenvalue weighted by atomic mass is 127. The zero-order valence-electron chi connectivity index (χ0n) is 14.9. The number of hydrogen-bond donors (Lipinski definition) is 3.